The van der Waals surface area contributed by atoms with Crippen LogP contribution < -0.4 is 5.32 Å². The van der Waals surface area contributed by atoms with Crippen molar-refractivity contribution in [2.75, 3.05) is 5.32 Å². The largest absolute Gasteiger partial charge is 0.354 e. The van der Waals surface area contributed by atoms with Crippen LogP contribution in [0, 0.1) is 0 Å². The quantitative estimate of drug-likeness (QED) is 0.524. The van der Waals surface area contributed by atoms with E-state index in [4.69, 9.17) is 0 Å². The van der Waals surface area contributed by atoms with Crippen LogP contribution in [0.25, 0.3) is 23.1 Å². The Bertz CT molecular complexity index is 852. The molecule has 122 valence electrons. The Morgan fingerprint density at radius 2 is 1.62 bits per heavy atom. The number of rotatable bonds is 4. The van der Waals surface area contributed by atoms with Crippen molar-refractivity contribution >= 4 is 50.4 Å². The lowest BCUT2D eigenvalue weighted by atomic mass is 10.0. The SMILES string of the molecule is C=Cc1nc2ccccc2c(Nc2ccc(Br)cc2)c1C=C.CC. The zero-order valence-corrected chi connectivity index (χ0v) is 15.6. The van der Waals surface area contributed by atoms with Crippen molar-refractivity contribution in [1.29, 1.82) is 0 Å². The van der Waals surface area contributed by atoms with E-state index in [9.17, 15) is 0 Å². The predicted molar refractivity (Wildman–Crippen MR) is 111 cm³/mol. The summed E-state index contributed by atoms with van der Waals surface area (Å²) in [5.74, 6) is 0. The van der Waals surface area contributed by atoms with Crippen LogP contribution in [0.5, 0.6) is 0 Å². The first kappa shape index (κ1) is 18.0. The summed E-state index contributed by atoms with van der Waals surface area (Å²) in [5.41, 5.74) is 4.73. The maximum Gasteiger partial charge on any atom is 0.0730 e. The second kappa shape index (κ2) is 8.46. The summed E-state index contributed by atoms with van der Waals surface area (Å²) in [7, 11) is 0. The van der Waals surface area contributed by atoms with Crippen molar-refractivity contribution in [3.8, 4) is 0 Å². The number of halogens is 1. The van der Waals surface area contributed by atoms with Crippen LogP contribution in [0.2, 0.25) is 0 Å². The van der Waals surface area contributed by atoms with Crippen LogP contribution in [-0.4, -0.2) is 4.98 Å². The molecule has 0 saturated carbocycles. The average Bonchev–Trinajstić information content (AvgIpc) is 2.64. The third kappa shape index (κ3) is 3.74. The fourth-order valence-electron chi connectivity index (χ4n) is 2.42. The third-order valence-corrected chi connectivity index (χ3v) is 4.00. The molecule has 0 aliphatic carbocycles. The second-order valence-electron chi connectivity index (χ2n) is 4.84. The minimum Gasteiger partial charge on any atom is -0.354 e. The van der Waals surface area contributed by atoms with Crippen molar-refractivity contribution in [2.24, 2.45) is 0 Å². The number of aromatic nitrogens is 1. The Balaban J connectivity index is 0.00000100. The standard InChI is InChI=1S/C19H15BrN2.C2H6/c1-3-15-17(4-2)22-18-8-6-5-7-16(18)19(15)21-14-11-9-13(20)10-12-14;1-2/h3-12H,1-2H2,(H,21,22);1-2H3. The first-order valence-corrected chi connectivity index (χ1v) is 8.72. The summed E-state index contributed by atoms with van der Waals surface area (Å²) in [5, 5.41) is 4.55. The van der Waals surface area contributed by atoms with Crippen molar-refractivity contribution in [1.82, 2.24) is 4.98 Å². The van der Waals surface area contributed by atoms with Gasteiger partial charge in [0, 0.05) is 21.1 Å². The Labute approximate surface area is 152 Å². The van der Waals surface area contributed by atoms with Gasteiger partial charge in [-0.25, -0.2) is 4.98 Å². The second-order valence-corrected chi connectivity index (χ2v) is 5.76. The Hall–Kier alpha value is -2.39. The smallest absolute Gasteiger partial charge is 0.0730 e. The van der Waals surface area contributed by atoms with E-state index in [0.717, 1.165) is 38.0 Å². The summed E-state index contributed by atoms with van der Waals surface area (Å²) in [4.78, 5) is 4.64. The van der Waals surface area contributed by atoms with E-state index in [2.05, 4.69) is 45.5 Å². The molecule has 2 nitrogen and oxygen atoms in total. The number of para-hydroxylation sites is 1. The summed E-state index contributed by atoms with van der Waals surface area (Å²) in [6.07, 6.45) is 3.58. The highest BCUT2D eigenvalue weighted by Gasteiger charge is 2.11. The van der Waals surface area contributed by atoms with Gasteiger partial charge in [-0.2, -0.15) is 0 Å². The van der Waals surface area contributed by atoms with E-state index < -0.39 is 0 Å². The molecule has 1 N–H and O–H groups in total. The minimum atomic E-state index is 0.827. The number of benzene rings is 2. The van der Waals surface area contributed by atoms with Crippen LogP contribution in [0.3, 0.4) is 0 Å². The highest BCUT2D eigenvalue weighted by Crippen LogP contribution is 2.32. The molecular weight excluding hydrogens is 360 g/mol. The average molecular weight is 381 g/mol. The molecule has 24 heavy (non-hydrogen) atoms. The molecule has 0 atom stereocenters. The molecule has 0 radical (unpaired) electrons. The molecule has 0 aliphatic heterocycles. The number of nitrogens with one attached hydrogen (secondary N) is 1. The van der Waals surface area contributed by atoms with Crippen LogP contribution in [0.15, 0.2) is 66.2 Å². The fourth-order valence-corrected chi connectivity index (χ4v) is 2.68. The van der Waals surface area contributed by atoms with Gasteiger partial charge in [0.2, 0.25) is 0 Å². The summed E-state index contributed by atoms with van der Waals surface area (Å²) < 4.78 is 1.05. The lowest BCUT2D eigenvalue weighted by Gasteiger charge is -2.15. The van der Waals surface area contributed by atoms with Gasteiger partial charge in [0.05, 0.1) is 16.9 Å². The topological polar surface area (TPSA) is 24.9 Å². The molecule has 0 spiro atoms. The van der Waals surface area contributed by atoms with Crippen molar-refractivity contribution in [2.45, 2.75) is 13.8 Å². The first-order chi connectivity index (χ1) is 11.7. The van der Waals surface area contributed by atoms with E-state index in [0.29, 0.717) is 0 Å². The number of nitrogens with zero attached hydrogens (tertiary/aromatic N) is 1. The summed E-state index contributed by atoms with van der Waals surface area (Å²) >= 11 is 3.45. The highest BCUT2D eigenvalue weighted by molar-refractivity contribution is 9.10. The first-order valence-electron chi connectivity index (χ1n) is 7.93. The zero-order valence-electron chi connectivity index (χ0n) is 14.0. The van der Waals surface area contributed by atoms with Crippen LogP contribution in [0.4, 0.5) is 11.4 Å². The Morgan fingerprint density at radius 3 is 2.25 bits per heavy atom. The van der Waals surface area contributed by atoms with E-state index >= 15 is 0 Å². The molecule has 3 rings (SSSR count). The minimum absolute atomic E-state index is 0.827. The molecule has 0 amide bonds. The number of hydrogen-bond donors (Lipinski definition) is 1. The van der Waals surface area contributed by atoms with Gasteiger partial charge in [-0.1, -0.05) is 67.2 Å². The summed E-state index contributed by atoms with van der Waals surface area (Å²) in [6, 6.07) is 16.1. The molecule has 0 unspecified atom stereocenters. The molecule has 0 aliphatic rings. The van der Waals surface area contributed by atoms with Crippen LogP contribution >= 0.6 is 15.9 Å². The normalized spacial score (nSPS) is 9.79. The van der Waals surface area contributed by atoms with Gasteiger partial charge >= 0.3 is 0 Å². The van der Waals surface area contributed by atoms with Gasteiger partial charge in [-0.05, 0) is 36.4 Å². The van der Waals surface area contributed by atoms with Crippen molar-refractivity contribution in [3.05, 3.63) is 77.4 Å². The summed E-state index contributed by atoms with van der Waals surface area (Å²) in [6.45, 7) is 11.8. The lowest BCUT2D eigenvalue weighted by Crippen LogP contribution is -1.99. The third-order valence-electron chi connectivity index (χ3n) is 3.47. The van der Waals surface area contributed by atoms with E-state index in [1.54, 1.807) is 6.08 Å². The molecule has 3 aromatic rings. The number of pyridine rings is 1. The zero-order chi connectivity index (χ0) is 17.5. The van der Waals surface area contributed by atoms with Gasteiger partial charge in [0.15, 0.2) is 0 Å². The number of anilines is 2. The van der Waals surface area contributed by atoms with Crippen molar-refractivity contribution < 1.29 is 0 Å². The maximum absolute atomic E-state index is 4.64. The molecule has 3 heteroatoms. The monoisotopic (exact) mass is 380 g/mol. The molecular formula is C21H21BrN2. The Kier molecular flexibility index (Phi) is 6.33. The maximum atomic E-state index is 4.64. The number of fused-ring (bicyclic) bond motifs is 1. The van der Waals surface area contributed by atoms with E-state index in [1.807, 2.05) is 62.4 Å². The molecule has 0 bridgehead atoms. The van der Waals surface area contributed by atoms with Gasteiger partial charge in [-0.15, -0.1) is 0 Å². The highest BCUT2D eigenvalue weighted by atomic mass is 79.9. The van der Waals surface area contributed by atoms with E-state index in [1.165, 1.54) is 0 Å². The molecule has 1 aromatic heterocycles. The van der Waals surface area contributed by atoms with Crippen molar-refractivity contribution in [3.63, 3.8) is 0 Å². The van der Waals surface area contributed by atoms with Gasteiger partial charge in [0.1, 0.15) is 0 Å². The lowest BCUT2D eigenvalue weighted by molar-refractivity contribution is 1.35. The fraction of sp³-hybridized carbons (Fsp3) is 0.0952. The van der Waals surface area contributed by atoms with Gasteiger partial charge in [0.25, 0.3) is 0 Å². The van der Waals surface area contributed by atoms with Crippen LogP contribution in [-0.2, 0) is 0 Å². The molecule has 2 aromatic carbocycles. The van der Waals surface area contributed by atoms with E-state index in [-0.39, 0.29) is 0 Å². The molecule has 0 fully saturated rings. The predicted octanol–water partition coefficient (Wildman–Crippen LogP) is 7.05. The Morgan fingerprint density at radius 1 is 0.958 bits per heavy atom. The van der Waals surface area contributed by atoms with Gasteiger partial charge < -0.3 is 5.32 Å². The van der Waals surface area contributed by atoms with Crippen LogP contribution in [0.1, 0.15) is 25.1 Å². The molecule has 0 saturated heterocycles. The molecule has 1 heterocycles. The van der Waals surface area contributed by atoms with Gasteiger partial charge in [-0.3, -0.25) is 0 Å². The number of hydrogen-bond acceptors (Lipinski definition) is 2.